The third-order valence-electron chi connectivity index (χ3n) is 2.36. The number of aliphatic carboxylic acids is 1. The van der Waals surface area contributed by atoms with Crippen LogP contribution in [0.5, 0.6) is 0 Å². The molecule has 0 spiro atoms. The number of esters is 1. The van der Waals surface area contributed by atoms with Gasteiger partial charge in [-0.2, -0.15) is 4.31 Å². The maximum Gasteiger partial charge on any atom is 0.337 e. The van der Waals surface area contributed by atoms with Crippen molar-refractivity contribution < 1.29 is 32.2 Å². The Morgan fingerprint density at radius 2 is 1.95 bits per heavy atom. The average molecular weight is 305 g/mol. The molecule has 9 heteroatoms. The van der Waals surface area contributed by atoms with Crippen LogP contribution in [0.3, 0.4) is 0 Å². The fourth-order valence-corrected chi connectivity index (χ4v) is 2.58. The van der Waals surface area contributed by atoms with Crippen LogP contribution in [0.4, 0.5) is 4.39 Å². The summed E-state index contributed by atoms with van der Waals surface area (Å²) >= 11 is 0. The van der Waals surface area contributed by atoms with Gasteiger partial charge in [0.1, 0.15) is 12.4 Å². The number of likely N-dealkylation sites (N-methyl/N-ethyl adjacent to an activating group) is 1. The van der Waals surface area contributed by atoms with Crippen LogP contribution < -0.4 is 0 Å². The molecule has 0 bridgehead atoms. The molecule has 0 unspecified atom stereocenters. The molecule has 1 aromatic rings. The minimum atomic E-state index is -4.22. The van der Waals surface area contributed by atoms with Gasteiger partial charge in [0.2, 0.25) is 10.0 Å². The van der Waals surface area contributed by atoms with Crippen LogP contribution in [0, 0.1) is 5.82 Å². The van der Waals surface area contributed by atoms with Gasteiger partial charge in [-0.1, -0.05) is 0 Å². The molecule has 1 rings (SSSR count). The molecular weight excluding hydrogens is 293 g/mol. The first-order chi connectivity index (χ1) is 9.18. The predicted molar refractivity (Wildman–Crippen MR) is 65.2 cm³/mol. The highest BCUT2D eigenvalue weighted by Gasteiger charge is 2.25. The van der Waals surface area contributed by atoms with Gasteiger partial charge in [-0.05, 0) is 18.2 Å². The van der Waals surface area contributed by atoms with Crippen LogP contribution in [-0.2, 0) is 19.6 Å². The van der Waals surface area contributed by atoms with Crippen LogP contribution in [0.2, 0.25) is 0 Å². The molecular formula is C11H12FNO6S. The summed E-state index contributed by atoms with van der Waals surface area (Å²) in [6.07, 6.45) is 0. The highest BCUT2D eigenvalue weighted by atomic mass is 32.2. The summed E-state index contributed by atoms with van der Waals surface area (Å²) in [5.41, 5.74) is -0.283. The van der Waals surface area contributed by atoms with E-state index in [2.05, 4.69) is 4.74 Å². The van der Waals surface area contributed by atoms with Gasteiger partial charge in [0.05, 0.1) is 17.6 Å². The fraction of sp³-hybridized carbons (Fsp3) is 0.273. The molecule has 0 aliphatic heterocycles. The van der Waals surface area contributed by atoms with E-state index in [1.165, 1.54) is 0 Å². The maximum absolute atomic E-state index is 13.4. The molecule has 0 aliphatic carbocycles. The molecule has 0 saturated carbocycles. The van der Waals surface area contributed by atoms with Gasteiger partial charge in [0, 0.05) is 7.05 Å². The molecule has 0 radical (unpaired) electrons. The van der Waals surface area contributed by atoms with Gasteiger partial charge in [-0.15, -0.1) is 0 Å². The molecule has 0 aromatic heterocycles. The third kappa shape index (κ3) is 3.52. The zero-order valence-corrected chi connectivity index (χ0v) is 11.5. The number of nitrogens with zero attached hydrogens (tertiary/aromatic N) is 1. The fourth-order valence-electron chi connectivity index (χ4n) is 1.40. The van der Waals surface area contributed by atoms with Crippen molar-refractivity contribution in [1.29, 1.82) is 0 Å². The van der Waals surface area contributed by atoms with Gasteiger partial charge in [0.25, 0.3) is 0 Å². The van der Waals surface area contributed by atoms with Crippen molar-refractivity contribution in [3.05, 3.63) is 29.6 Å². The van der Waals surface area contributed by atoms with Crippen LogP contribution in [-0.4, -0.2) is 50.5 Å². The number of carbonyl (C=O) groups excluding carboxylic acids is 1. The first-order valence-corrected chi connectivity index (χ1v) is 6.69. The maximum atomic E-state index is 13.4. The van der Waals surface area contributed by atoms with Crippen LogP contribution in [0.25, 0.3) is 0 Å². The Kier molecular flexibility index (Phi) is 4.79. The van der Waals surface area contributed by atoms with E-state index in [0.29, 0.717) is 10.4 Å². The van der Waals surface area contributed by atoms with Crippen molar-refractivity contribution in [3.8, 4) is 0 Å². The number of ether oxygens (including phenoxy) is 1. The van der Waals surface area contributed by atoms with E-state index in [-0.39, 0.29) is 5.56 Å². The van der Waals surface area contributed by atoms with E-state index in [0.717, 1.165) is 26.3 Å². The molecule has 0 amide bonds. The van der Waals surface area contributed by atoms with Crippen molar-refractivity contribution in [2.75, 3.05) is 20.7 Å². The second-order valence-electron chi connectivity index (χ2n) is 3.82. The van der Waals surface area contributed by atoms with Gasteiger partial charge in [0.15, 0.2) is 0 Å². The van der Waals surface area contributed by atoms with Crippen LogP contribution in [0.15, 0.2) is 23.1 Å². The van der Waals surface area contributed by atoms with Crippen molar-refractivity contribution in [2.45, 2.75) is 4.90 Å². The molecule has 0 heterocycles. The quantitative estimate of drug-likeness (QED) is 0.786. The van der Waals surface area contributed by atoms with Gasteiger partial charge in [-0.25, -0.2) is 17.6 Å². The lowest BCUT2D eigenvalue weighted by Crippen LogP contribution is -2.32. The average Bonchev–Trinajstić information content (AvgIpc) is 2.36. The monoisotopic (exact) mass is 305 g/mol. The van der Waals surface area contributed by atoms with E-state index in [1.54, 1.807) is 0 Å². The SMILES string of the molecule is COC(=O)c1cc(F)cc(S(=O)(=O)N(C)CC(=O)O)c1. The molecule has 0 aliphatic rings. The number of carboxylic acids is 1. The number of carboxylic acid groups (broad SMARTS) is 1. The minimum Gasteiger partial charge on any atom is -0.480 e. The summed E-state index contributed by atoms with van der Waals surface area (Å²) < 4.78 is 42.3. The zero-order chi connectivity index (χ0) is 15.5. The summed E-state index contributed by atoms with van der Waals surface area (Å²) in [7, 11) is -2.11. The lowest BCUT2D eigenvalue weighted by molar-refractivity contribution is -0.137. The molecule has 20 heavy (non-hydrogen) atoms. The normalized spacial score (nSPS) is 11.4. The van der Waals surface area contributed by atoms with Crippen LogP contribution >= 0.6 is 0 Å². The van der Waals surface area contributed by atoms with Crippen molar-refractivity contribution in [3.63, 3.8) is 0 Å². The number of sulfonamides is 1. The van der Waals surface area contributed by atoms with Gasteiger partial charge < -0.3 is 9.84 Å². The summed E-state index contributed by atoms with van der Waals surface area (Å²) in [4.78, 5) is 21.3. The second-order valence-corrected chi connectivity index (χ2v) is 5.87. The summed E-state index contributed by atoms with van der Waals surface area (Å²) in [5.74, 6) is -3.21. The van der Waals surface area contributed by atoms with Crippen LogP contribution in [0.1, 0.15) is 10.4 Å². The standard InChI is InChI=1S/C11H12FNO6S/c1-13(6-10(14)15)20(17,18)9-4-7(11(16)19-2)3-8(12)5-9/h3-5H,6H2,1-2H3,(H,14,15). The summed E-state index contributed by atoms with van der Waals surface area (Å²) in [5, 5.41) is 8.58. The smallest absolute Gasteiger partial charge is 0.337 e. The molecule has 0 atom stereocenters. The number of methoxy groups -OCH3 is 1. The molecule has 1 aromatic carbocycles. The Labute approximate surface area is 114 Å². The van der Waals surface area contributed by atoms with E-state index in [1.807, 2.05) is 0 Å². The third-order valence-corrected chi connectivity index (χ3v) is 4.14. The first-order valence-electron chi connectivity index (χ1n) is 5.25. The Bertz CT molecular complexity index is 642. The molecule has 1 N–H and O–H groups in total. The molecule has 0 fully saturated rings. The highest BCUT2D eigenvalue weighted by molar-refractivity contribution is 7.89. The van der Waals surface area contributed by atoms with Crippen molar-refractivity contribution >= 4 is 22.0 Å². The van der Waals surface area contributed by atoms with E-state index in [9.17, 15) is 22.4 Å². The largest absolute Gasteiger partial charge is 0.480 e. The number of benzene rings is 1. The molecule has 110 valence electrons. The van der Waals surface area contributed by atoms with E-state index < -0.39 is 39.2 Å². The summed E-state index contributed by atoms with van der Waals surface area (Å²) in [6.45, 7) is -0.785. The van der Waals surface area contributed by atoms with Crippen molar-refractivity contribution in [2.24, 2.45) is 0 Å². The number of rotatable bonds is 5. The zero-order valence-electron chi connectivity index (χ0n) is 10.7. The predicted octanol–water partition coefficient (Wildman–Crippen LogP) is 0.317. The number of halogens is 1. The second kappa shape index (κ2) is 5.97. The Balaban J connectivity index is 3.28. The first kappa shape index (κ1) is 16.1. The number of carbonyl (C=O) groups is 2. The van der Waals surface area contributed by atoms with E-state index >= 15 is 0 Å². The Hall–Kier alpha value is -2.00. The Morgan fingerprint density at radius 3 is 2.45 bits per heavy atom. The lowest BCUT2D eigenvalue weighted by atomic mass is 10.2. The topological polar surface area (TPSA) is 101 Å². The number of hydrogen-bond acceptors (Lipinski definition) is 5. The highest BCUT2D eigenvalue weighted by Crippen LogP contribution is 2.18. The van der Waals surface area contributed by atoms with E-state index in [4.69, 9.17) is 5.11 Å². The summed E-state index contributed by atoms with van der Waals surface area (Å²) in [6, 6.07) is 2.44. The number of hydrogen-bond donors (Lipinski definition) is 1. The lowest BCUT2D eigenvalue weighted by Gasteiger charge is -2.15. The molecule has 7 nitrogen and oxygen atoms in total. The Morgan fingerprint density at radius 1 is 1.35 bits per heavy atom. The molecule has 0 saturated heterocycles. The van der Waals surface area contributed by atoms with Gasteiger partial charge >= 0.3 is 11.9 Å². The van der Waals surface area contributed by atoms with Gasteiger partial charge in [-0.3, -0.25) is 4.79 Å². The minimum absolute atomic E-state index is 0.283. The van der Waals surface area contributed by atoms with Crippen molar-refractivity contribution in [1.82, 2.24) is 4.31 Å².